The Bertz CT molecular complexity index is 1010. The van der Waals surface area contributed by atoms with Crippen LogP contribution in [0.5, 0.6) is 11.5 Å². The van der Waals surface area contributed by atoms with E-state index in [0.717, 1.165) is 31.5 Å². The number of rotatable bonds is 8. The number of benzene rings is 2. The van der Waals surface area contributed by atoms with Crippen molar-refractivity contribution in [2.45, 2.75) is 25.3 Å². The van der Waals surface area contributed by atoms with E-state index >= 15 is 0 Å². The van der Waals surface area contributed by atoms with Crippen molar-refractivity contribution in [1.82, 2.24) is 10.2 Å². The highest BCUT2D eigenvalue weighted by atomic mass is 35.5. The summed E-state index contributed by atoms with van der Waals surface area (Å²) >= 11 is 6.48. The van der Waals surface area contributed by atoms with E-state index in [1.165, 1.54) is 0 Å². The van der Waals surface area contributed by atoms with Crippen LogP contribution in [0, 0.1) is 5.92 Å². The highest BCUT2D eigenvalue weighted by Crippen LogP contribution is 2.34. The van der Waals surface area contributed by atoms with Crippen LogP contribution in [-0.4, -0.2) is 57.1 Å². The lowest BCUT2D eigenvalue weighted by molar-refractivity contribution is -0.126. The molecule has 2 aliphatic rings. The van der Waals surface area contributed by atoms with Crippen LogP contribution in [0.15, 0.2) is 42.5 Å². The fraction of sp³-hybridized carbons (Fsp3) is 0.440. The molecule has 2 atom stereocenters. The molecule has 8 heteroatoms. The topological polar surface area (TPSA) is 71.1 Å². The molecule has 4 rings (SSSR count). The lowest BCUT2D eigenvalue weighted by atomic mass is 10.0. The Labute approximate surface area is 199 Å². The molecule has 2 amide bonds. The van der Waals surface area contributed by atoms with Crippen LogP contribution < -0.4 is 19.7 Å². The minimum absolute atomic E-state index is 0.0178. The van der Waals surface area contributed by atoms with E-state index in [2.05, 4.69) is 10.2 Å². The standard InChI is InChI=1S/C25H30ClN3O4/c1-32-22-10-9-18(14-23(22)33-2)29-16-17(13-24(29)30)25(31)27-15-21(28-11-5-6-12-28)19-7-3-4-8-20(19)26/h3-4,7-10,14,17,21H,5-6,11-13,15-16H2,1-2H3,(H,27,31). The maximum atomic E-state index is 13.0. The third-order valence-corrected chi connectivity index (χ3v) is 6.83. The van der Waals surface area contributed by atoms with E-state index in [4.69, 9.17) is 21.1 Å². The van der Waals surface area contributed by atoms with E-state index in [1.807, 2.05) is 24.3 Å². The van der Waals surface area contributed by atoms with Crippen molar-refractivity contribution in [2.75, 3.05) is 45.3 Å². The van der Waals surface area contributed by atoms with Gasteiger partial charge in [-0.25, -0.2) is 0 Å². The zero-order chi connectivity index (χ0) is 23.4. The highest BCUT2D eigenvalue weighted by Gasteiger charge is 2.36. The van der Waals surface area contributed by atoms with E-state index < -0.39 is 5.92 Å². The summed E-state index contributed by atoms with van der Waals surface area (Å²) in [5.41, 5.74) is 1.72. The van der Waals surface area contributed by atoms with Crippen LogP contribution in [0.2, 0.25) is 5.02 Å². The van der Waals surface area contributed by atoms with E-state index in [0.29, 0.717) is 35.3 Å². The molecular weight excluding hydrogens is 442 g/mol. The second-order valence-electron chi connectivity index (χ2n) is 8.47. The van der Waals surface area contributed by atoms with Crippen molar-refractivity contribution in [1.29, 1.82) is 0 Å². The van der Waals surface area contributed by atoms with E-state index in [-0.39, 0.29) is 24.3 Å². The summed E-state index contributed by atoms with van der Waals surface area (Å²) in [5, 5.41) is 3.81. The Hall–Kier alpha value is -2.77. The molecular formula is C25H30ClN3O4. The molecule has 2 aromatic carbocycles. The fourth-order valence-electron chi connectivity index (χ4n) is 4.70. The molecule has 2 aromatic rings. The Morgan fingerprint density at radius 2 is 1.85 bits per heavy atom. The van der Waals surface area contributed by atoms with Crippen molar-refractivity contribution < 1.29 is 19.1 Å². The van der Waals surface area contributed by atoms with Gasteiger partial charge in [0.2, 0.25) is 11.8 Å². The number of anilines is 1. The molecule has 0 aromatic heterocycles. The van der Waals surface area contributed by atoms with Gasteiger partial charge in [0.1, 0.15) is 0 Å². The summed E-state index contributed by atoms with van der Waals surface area (Å²) in [5.74, 6) is 0.543. The molecule has 1 N–H and O–H groups in total. The van der Waals surface area contributed by atoms with Crippen molar-refractivity contribution in [3.05, 3.63) is 53.1 Å². The van der Waals surface area contributed by atoms with Gasteiger partial charge in [-0.05, 0) is 49.7 Å². The zero-order valence-electron chi connectivity index (χ0n) is 19.1. The summed E-state index contributed by atoms with van der Waals surface area (Å²) in [7, 11) is 3.12. The number of nitrogens with zero attached hydrogens (tertiary/aromatic N) is 2. The quantitative estimate of drug-likeness (QED) is 0.636. The number of carbonyl (C=O) groups excluding carboxylic acids is 2. The smallest absolute Gasteiger partial charge is 0.227 e. The molecule has 0 bridgehead atoms. The minimum Gasteiger partial charge on any atom is -0.493 e. The van der Waals surface area contributed by atoms with Gasteiger partial charge in [-0.15, -0.1) is 0 Å². The van der Waals surface area contributed by atoms with E-state index in [1.54, 1.807) is 37.3 Å². The summed E-state index contributed by atoms with van der Waals surface area (Å²) in [6.07, 6.45) is 2.47. The first-order valence-corrected chi connectivity index (χ1v) is 11.7. The Morgan fingerprint density at radius 1 is 1.12 bits per heavy atom. The lowest BCUT2D eigenvalue weighted by Gasteiger charge is -2.29. The largest absolute Gasteiger partial charge is 0.493 e. The number of methoxy groups -OCH3 is 2. The monoisotopic (exact) mass is 471 g/mol. The fourth-order valence-corrected chi connectivity index (χ4v) is 4.96. The van der Waals surface area contributed by atoms with Crippen molar-refractivity contribution in [3.8, 4) is 11.5 Å². The molecule has 2 saturated heterocycles. The van der Waals surface area contributed by atoms with Gasteiger partial charge in [-0.3, -0.25) is 14.5 Å². The molecule has 2 aliphatic heterocycles. The molecule has 2 unspecified atom stereocenters. The van der Waals surface area contributed by atoms with Gasteiger partial charge in [0.25, 0.3) is 0 Å². The summed E-state index contributed by atoms with van der Waals surface area (Å²) in [4.78, 5) is 29.8. The van der Waals surface area contributed by atoms with Crippen molar-refractivity contribution >= 4 is 29.1 Å². The third-order valence-electron chi connectivity index (χ3n) is 6.49. The first-order valence-electron chi connectivity index (χ1n) is 11.3. The molecule has 0 aliphatic carbocycles. The number of amides is 2. The number of halogens is 1. The Kier molecular flexibility index (Phi) is 7.40. The van der Waals surface area contributed by atoms with Crippen molar-refractivity contribution in [2.24, 2.45) is 5.92 Å². The van der Waals surface area contributed by atoms with Crippen LogP contribution in [0.25, 0.3) is 0 Å². The maximum Gasteiger partial charge on any atom is 0.227 e. The number of nitrogens with one attached hydrogen (secondary N) is 1. The van der Waals surface area contributed by atoms with Gasteiger partial charge in [0.05, 0.1) is 26.2 Å². The normalized spacial score (nSPS) is 19.5. The van der Waals surface area contributed by atoms with Crippen LogP contribution in [0.4, 0.5) is 5.69 Å². The molecule has 0 spiro atoms. The molecule has 2 heterocycles. The van der Waals surface area contributed by atoms with E-state index in [9.17, 15) is 9.59 Å². The first kappa shape index (κ1) is 23.4. The van der Waals surface area contributed by atoms with Gasteiger partial charge in [-0.2, -0.15) is 0 Å². The average Bonchev–Trinajstić information content (AvgIpc) is 3.50. The first-order chi connectivity index (χ1) is 16.0. The van der Waals surface area contributed by atoms with Crippen molar-refractivity contribution in [3.63, 3.8) is 0 Å². The molecule has 0 radical (unpaired) electrons. The number of hydrogen-bond donors (Lipinski definition) is 1. The van der Waals surface area contributed by atoms with Gasteiger partial charge in [0, 0.05) is 36.3 Å². The number of likely N-dealkylation sites (tertiary alicyclic amines) is 1. The van der Waals surface area contributed by atoms with Gasteiger partial charge < -0.3 is 19.7 Å². The van der Waals surface area contributed by atoms with Crippen LogP contribution >= 0.6 is 11.6 Å². The van der Waals surface area contributed by atoms with Crippen LogP contribution in [0.1, 0.15) is 30.9 Å². The predicted octanol–water partition coefficient (Wildman–Crippen LogP) is 3.66. The molecule has 7 nitrogen and oxygen atoms in total. The number of ether oxygens (including phenoxy) is 2. The van der Waals surface area contributed by atoms with Crippen LogP contribution in [-0.2, 0) is 9.59 Å². The molecule has 176 valence electrons. The molecule has 33 heavy (non-hydrogen) atoms. The van der Waals surface area contributed by atoms with Gasteiger partial charge >= 0.3 is 0 Å². The second-order valence-corrected chi connectivity index (χ2v) is 8.88. The van der Waals surface area contributed by atoms with Crippen LogP contribution in [0.3, 0.4) is 0 Å². The van der Waals surface area contributed by atoms with Gasteiger partial charge in [0.15, 0.2) is 11.5 Å². The van der Waals surface area contributed by atoms with Gasteiger partial charge in [-0.1, -0.05) is 29.8 Å². The molecule has 0 saturated carbocycles. The third kappa shape index (κ3) is 5.09. The Morgan fingerprint density at radius 3 is 2.55 bits per heavy atom. The zero-order valence-corrected chi connectivity index (χ0v) is 19.8. The summed E-state index contributed by atoms with van der Waals surface area (Å²) in [6.45, 7) is 2.77. The SMILES string of the molecule is COc1ccc(N2CC(C(=O)NCC(c3ccccc3Cl)N3CCCC3)CC2=O)cc1OC. The molecule has 2 fully saturated rings. The Balaban J connectivity index is 1.43. The predicted molar refractivity (Wildman–Crippen MR) is 128 cm³/mol. The number of hydrogen-bond acceptors (Lipinski definition) is 5. The summed E-state index contributed by atoms with van der Waals surface area (Å²) in [6, 6.07) is 13.1. The second kappa shape index (κ2) is 10.4. The summed E-state index contributed by atoms with van der Waals surface area (Å²) < 4.78 is 10.6. The minimum atomic E-state index is -0.406. The maximum absolute atomic E-state index is 13.0. The number of carbonyl (C=O) groups is 2. The lowest BCUT2D eigenvalue weighted by Crippen LogP contribution is -2.40. The average molecular weight is 472 g/mol. The highest BCUT2D eigenvalue weighted by molar-refractivity contribution is 6.31.